The van der Waals surface area contributed by atoms with E-state index in [1.165, 1.54) is 0 Å². The molecule has 3 heterocycles. The number of benzene rings is 1. The summed E-state index contributed by atoms with van der Waals surface area (Å²) in [4.78, 5) is 18.4. The zero-order valence-corrected chi connectivity index (χ0v) is 18.8. The Morgan fingerprint density at radius 2 is 1.97 bits per heavy atom. The van der Waals surface area contributed by atoms with Crippen LogP contribution < -0.4 is 9.47 Å². The molecule has 0 spiro atoms. The Kier molecular flexibility index (Phi) is 7.55. The second kappa shape index (κ2) is 10.9. The smallest absolute Gasteiger partial charge is 0.415 e. The average molecular weight is 455 g/mol. The van der Waals surface area contributed by atoms with Crippen molar-refractivity contribution in [2.24, 2.45) is 13.0 Å². The van der Waals surface area contributed by atoms with Crippen molar-refractivity contribution < 1.29 is 14.3 Å². The first-order valence-corrected chi connectivity index (χ1v) is 11.6. The standard InChI is InChI=1S/C22H26N6O3S/c1-27-21(24-25-26-27)32-16-18-9-13-28(14-10-18)22(29)31-19-7-5-17(6-8-19)11-15-30-20-4-2-3-12-23-20/h2-8,12,18H,9-11,13-16H2,1H3. The number of hydrogen-bond acceptors (Lipinski definition) is 8. The van der Waals surface area contributed by atoms with Crippen LogP contribution in [0.2, 0.25) is 0 Å². The first kappa shape index (κ1) is 22.1. The molecule has 168 valence electrons. The number of nitrogens with zero attached hydrogens (tertiary/aromatic N) is 6. The highest BCUT2D eigenvalue weighted by molar-refractivity contribution is 7.99. The number of carbonyl (C=O) groups is 1. The Hall–Kier alpha value is -3.14. The minimum Gasteiger partial charge on any atom is -0.477 e. The second-order valence-electron chi connectivity index (χ2n) is 7.60. The molecule has 10 heteroatoms. The van der Waals surface area contributed by atoms with Crippen molar-refractivity contribution in [1.82, 2.24) is 30.1 Å². The zero-order valence-electron chi connectivity index (χ0n) is 18.0. The van der Waals surface area contributed by atoms with Gasteiger partial charge in [0.2, 0.25) is 11.0 Å². The number of aryl methyl sites for hydroxylation is 1. The number of pyridine rings is 1. The van der Waals surface area contributed by atoms with Gasteiger partial charge in [-0.05, 0) is 52.9 Å². The highest BCUT2D eigenvalue weighted by atomic mass is 32.2. The number of thioether (sulfide) groups is 1. The fourth-order valence-electron chi connectivity index (χ4n) is 3.41. The van der Waals surface area contributed by atoms with Gasteiger partial charge in [0.1, 0.15) is 5.75 Å². The fourth-order valence-corrected chi connectivity index (χ4v) is 4.45. The van der Waals surface area contributed by atoms with E-state index in [4.69, 9.17) is 9.47 Å². The Morgan fingerprint density at radius 1 is 1.16 bits per heavy atom. The van der Waals surface area contributed by atoms with Crippen LogP contribution >= 0.6 is 11.8 Å². The van der Waals surface area contributed by atoms with Crippen LogP contribution in [0.15, 0.2) is 53.8 Å². The normalized spacial score (nSPS) is 14.3. The van der Waals surface area contributed by atoms with E-state index in [0.717, 1.165) is 35.7 Å². The summed E-state index contributed by atoms with van der Waals surface area (Å²) >= 11 is 1.66. The summed E-state index contributed by atoms with van der Waals surface area (Å²) in [5.41, 5.74) is 1.11. The highest BCUT2D eigenvalue weighted by Crippen LogP contribution is 2.25. The topological polar surface area (TPSA) is 95.3 Å². The van der Waals surface area contributed by atoms with Crippen molar-refractivity contribution in [2.75, 3.05) is 25.4 Å². The molecule has 0 radical (unpaired) electrons. The van der Waals surface area contributed by atoms with E-state index in [1.807, 2.05) is 49.5 Å². The molecule has 32 heavy (non-hydrogen) atoms. The van der Waals surface area contributed by atoms with Gasteiger partial charge in [-0.25, -0.2) is 14.5 Å². The maximum absolute atomic E-state index is 12.5. The number of piperidine rings is 1. The van der Waals surface area contributed by atoms with Crippen LogP contribution in [0.4, 0.5) is 4.79 Å². The number of aromatic nitrogens is 5. The molecule has 0 atom stereocenters. The Bertz CT molecular complexity index is 990. The molecule has 0 unspecified atom stereocenters. The van der Waals surface area contributed by atoms with Crippen molar-refractivity contribution in [3.05, 3.63) is 54.2 Å². The van der Waals surface area contributed by atoms with Gasteiger partial charge in [0.05, 0.1) is 6.61 Å². The number of hydrogen-bond donors (Lipinski definition) is 0. The van der Waals surface area contributed by atoms with E-state index >= 15 is 0 Å². The van der Waals surface area contributed by atoms with Gasteiger partial charge in [-0.1, -0.05) is 30.0 Å². The lowest BCUT2D eigenvalue weighted by Crippen LogP contribution is -2.40. The molecule has 4 rings (SSSR count). The lowest BCUT2D eigenvalue weighted by atomic mass is 9.99. The third-order valence-corrected chi connectivity index (χ3v) is 6.55. The van der Waals surface area contributed by atoms with E-state index in [1.54, 1.807) is 27.5 Å². The van der Waals surface area contributed by atoms with Crippen LogP contribution in [-0.2, 0) is 13.5 Å². The Morgan fingerprint density at radius 3 is 2.66 bits per heavy atom. The number of likely N-dealkylation sites (tertiary alicyclic amines) is 1. The van der Waals surface area contributed by atoms with Crippen molar-refractivity contribution in [3.8, 4) is 11.6 Å². The lowest BCUT2D eigenvalue weighted by Gasteiger charge is -2.30. The summed E-state index contributed by atoms with van der Waals surface area (Å²) in [5, 5.41) is 12.3. The molecule has 0 N–H and O–H groups in total. The van der Waals surface area contributed by atoms with Crippen molar-refractivity contribution in [3.63, 3.8) is 0 Å². The first-order chi connectivity index (χ1) is 15.7. The first-order valence-electron chi connectivity index (χ1n) is 10.6. The molecule has 2 aromatic heterocycles. The van der Waals surface area contributed by atoms with Crippen molar-refractivity contribution in [2.45, 2.75) is 24.4 Å². The third kappa shape index (κ3) is 6.19. The van der Waals surface area contributed by atoms with Gasteiger partial charge >= 0.3 is 6.09 Å². The molecule has 1 aliphatic heterocycles. The molecule has 1 saturated heterocycles. The van der Waals surface area contributed by atoms with Gasteiger partial charge < -0.3 is 14.4 Å². The summed E-state index contributed by atoms with van der Waals surface area (Å²) in [6, 6.07) is 13.1. The number of carbonyl (C=O) groups excluding carboxylic acids is 1. The molecule has 0 saturated carbocycles. The maximum Gasteiger partial charge on any atom is 0.415 e. The Labute approximate surface area is 191 Å². The van der Waals surface area contributed by atoms with E-state index in [-0.39, 0.29) is 6.09 Å². The van der Waals surface area contributed by atoms with Crippen LogP contribution in [0, 0.1) is 5.92 Å². The van der Waals surface area contributed by atoms with Gasteiger partial charge in [0.25, 0.3) is 0 Å². The fraction of sp³-hybridized carbons (Fsp3) is 0.409. The van der Waals surface area contributed by atoms with E-state index in [9.17, 15) is 4.79 Å². The summed E-state index contributed by atoms with van der Waals surface area (Å²) in [7, 11) is 1.84. The molecule has 0 aliphatic carbocycles. The lowest BCUT2D eigenvalue weighted by molar-refractivity contribution is 0.134. The highest BCUT2D eigenvalue weighted by Gasteiger charge is 2.24. The van der Waals surface area contributed by atoms with Crippen LogP contribution in [0.5, 0.6) is 11.6 Å². The molecule has 1 aliphatic rings. The van der Waals surface area contributed by atoms with E-state index in [0.29, 0.717) is 37.2 Å². The summed E-state index contributed by atoms with van der Waals surface area (Å²) in [6.07, 6.45) is 4.06. The summed E-state index contributed by atoms with van der Waals surface area (Å²) in [5.74, 6) is 2.65. The number of tetrazole rings is 1. The maximum atomic E-state index is 12.5. The average Bonchev–Trinajstić information content (AvgIpc) is 3.24. The molecule has 9 nitrogen and oxygen atoms in total. The van der Waals surface area contributed by atoms with E-state index < -0.39 is 0 Å². The SMILES string of the molecule is Cn1nnnc1SCC1CCN(C(=O)Oc2ccc(CCOc3ccccn3)cc2)CC1. The molecular weight excluding hydrogens is 428 g/mol. The van der Waals surface area contributed by atoms with Crippen LogP contribution in [-0.4, -0.2) is 61.6 Å². The minimum atomic E-state index is -0.292. The molecule has 3 aromatic rings. The van der Waals surface area contributed by atoms with Crippen molar-refractivity contribution in [1.29, 1.82) is 0 Å². The zero-order chi connectivity index (χ0) is 22.2. The number of ether oxygens (including phenoxy) is 2. The molecule has 1 amide bonds. The predicted octanol–water partition coefficient (Wildman–Crippen LogP) is 3.23. The van der Waals surface area contributed by atoms with Crippen LogP contribution in [0.25, 0.3) is 0 Å². The van der Waals surface area contributed by atoms with Gasteiger partial charge in [-0.2, -0.15) is 0 Å². The molecule has 1 fully saturated rings. The van der Waals surface area contributed by atoms with Crippen molar-refractivity contribution >= 4 is 17.9 Å². The van der Waals surface area contributed by atoms with Gasteiger partial charge in [-0.3, -0.25) is 0 Å². The minimum absolute atomic E-state index is 0.292. The van der Waals surface area contributed by atoms with E-state index in [2.05, 4.69) is 20.5 Å². The van der Waals surface area contributed by atoms with Crippen LogP contribution in [0.3, 0.4) is 0 Å². The summed E-state index contributed by atoms with van der Waals surface area (Å²) < 4.78 is 12.9. The van der Waals surface area contributed by atoms with Gasteiger partial charge in [-0.15, -0.1) is 5.10 Å². The largest absolute Gasteiger partial charge is 0.477 e. The number of rotatable bonds is 8. The van der Waals surface area contributed by atoms with Gasteiger partial charge in [0, 0.05) is 44.6 Å². The second-order valence-corrected chi connectivity index (χ2v) is 8.59. The monoisotopic (exact) mass is 454 g/mol. The number of amides is 1. The van der Waals surface area contributed by atoms with Gasteiger partial charge in [0.15, 0.2) is 0 Å². The third-order valence-electron chi connectivity index (χ3n) is 5.31. The van der Waals surface area contributed by atoms with Crippen LogP contribution in [0.1, 0.15) is 18.4 Å². The Balaban J connectivity index is 1.17. The predicted molar refractivity (Wildman–Crippen MR) is 120 cm³/mol. The quantitative estimate of drug-likeness (QED) is 0.479. The molecular formula is C22H26N6O3S. The summed E-state index contributed by atoms with van der Waals surface area (Å²) in [6.45, 7) is 1.94. The molecule has 0 bridgehead atoms. The molecule has 1 aromatic carbocycles.